The third-order valence-electron chi connectivity index (χ3n) is 2.47. The molecule has 0 fully saturated rings. The predicted molar refractivity (Wildman–Crippen MR) is 80.6 cm³/mol. The molecule has 0 N–H and O–H groups in total. The van der Waals surface area contributed by atoms with Crippen LogP contribution in [0.1, 0.15) is 18.3 Å². The van der Waals surface area contributed by atoms with E-state index in [4.69, 9.17) is 23.2 Å². The van der Waals surface area contributed by atoms with Crippen LogP contribution in [0.4, 0.5) is 0 Å². The average Bonchev–Trinajstić information content (AvgIpc) is 2.82. The zero-order valence-corrected chi connectivity index (χ0v) is 12.8. The lowest BCUT2D eigenvalue weighted by Gasteiger charge is -2.02. The molecule has 4 nitrogen and oxygen atoms in total. The summed E-state index contributed by atoms with van der Waals surface area (Å²) in [6, 6.07) is 5.43. The van der Waals surface area contributed by atoms with Crippen molar-refractivity contribution in [3.8, 4) is 0 Å². The molecule has 100 valence electrons. The quantitative estimate of drug-likeness (QED) is 0.637. The van der Waals surface area contributed by atoms with Crippen molar-refractivity contribution >= 4 is 41.2 Å². The molecule has 0 aliphatic heterocycles. The van der Waals surface area contributed by atoms with Crippen molar-refractivity contribution in [2.24, 2.45) is 5.10 Å². The minimum Gasteiger partial charge on any atom is -0.192 e. The smallest absolute Gasteiger partial charge is 0.192 e. The van der Waals surface area contributed by atoms with Crippen molar-refractivity contribution in [3.05, 3.63) is 39.6 Å². The van der Waals surface area contributed by atoms with E-state index >= 15 is 0 Å². The highest BCUT2D eigenvalue weighted by molar-refractivity contribution is 7.98. The Hall–Kier alpha value is -1.04. The van der Waals surface area contributed by atoms with E-state index < -0.39 is 0 Å². The van der Waals surface area contributed by atoms with Gasteiger partial charge in [0, 0.05) is 12.0 Å². The van der Waals surface area contributed by atoms with E-state index in [9.17, 15) is 0 Å². The Morgan fingerprint density at radius 3 is 2.84 bits per heavy atom. The van der Waals surface area contributed by atoms with E-state index in [1.54, 1.807) is 17.0 Å². The second-order valence-corrected chi connectivity index (χ2v) is 5.21. The Labute approximate surface area is 125 Å². The van der Waals surface area contributed by atoms with Crippen LogP contribution in [0.3, 0.4) is 0 Å². The van der Waals surface area contributed by atoms with Gasteiger partial charge in [-0.2, -0.15) is 9.78 Å². The van der Waals surface area contributed by atoms with Crippen LogP contribution in [-0.2, 0) is 6.42 Å². The molecule has 0 atom stereocenters. The van der Waals surface area contributed by atoms with E-state index in [0.717, 1.165) is 23.0 Å². The molecular formula is C12H12Cl2N4S. The summed E-state index contributed by atoms with van der Waals surface area (Å²) in [5.74, 6) is 0.804. The van der Waals surface area contributed by atoms with E-state index in [-0.39, 0.29) is 0 Å². The number of nitrogens with zero attached hydrogens (tertiary/aromatic N) is 4. The van der Waals surface area contributed by atoms with Gasteiger partial charge in [0.2, 0.25) is 5.16 Å². The van der Waals surface area contributed by atoms with Crippen LogP contribution in [0.5, 0.6) is 0 Å². The second-order valence-electron chi connectivity index (χ2n) is 3.66. The fraction of sp³-hybridized carbons (Fsp3) is 0.250. The summed E-state index contributed by atoms with van der Waals surface area (Å²) in [6.45, 7) is 2.01. The number of hydrogen-bond acceptors (Lipinski definition) is 4. The largest absolute Gasteiger partial charge is 0.211 e. The minimum absolute atomic E-state index is 0.491. The van der Waals surface area contributed by atoms with Gasteiger partial charge in [0.05, 0.1) is 16.3 Å². The summed E-state index contributed by atoms with van der Waals surface area (Å²) in [4.78, 5) is 0. The summed E-state index contributed by atoms with van der Waals surface area (Å²) in [6.07, 6.45) is 4.35. The summed E-state index contributed by atoms with van der Waals surface area (Å²) < 4.78 is 1.71. The molecule has 0 spiro atoms. The fourth-order valence-electron chi connectivity index (χ4n) is 1.50. The van der Waals surface area contributed by atoms with Gasteiger partial charge in [-0.25, -0.2) is 0 Å². The van der Waals surface area contributed by atoms with Crippen LogP contribution in [0.15, 0.2) is 28.5 Å². The van der Waals surface area contributed by atoms with E-state index in [2.05, 4.69) is 15.3 Å². The normalized spacial score (nSPS) is 11.4. The van der Waals surface area contributed by atoms with Gasteiger partial charge in [0.1, 0.15) is 0 Å². The molecule has 0 radical (unpaired) electrons. The summed E-state index contributed by atoms with van der Waals surface area (Å²) in [7, 11) is 0. The maximum absolute atomic E-state index is 6.11. The molecule has 0 unspecified atom stereocenters. The van der Waals surface area contributed by atoms with Gasteiger partial charge < -0.3 is 0 Å². The number of benzene rings is 1. The van der Waals surface area contributed by atoms with Gasteiger partial charge in [-0.1, -0.05) is 54.0 Å². The highest BCUT2D eigenvalue weighted by atomic mass is 35.5. The zero-order valence-electron chi connectivity index (χ0n) is 10.5. The van der Waals surface area contributed by atoms with Crippen molar-refractivity contribution < 1.29 is 0 Å². The Morgan fingerprint density at radius 2 is 2.16 bits per heavy atom. The fourth-order valence-corrected chi connectivity index (χ4v) is 2.30. The molecule has 1 aromatic heterocycles. The highest BCUT2D eigenvalue weighted by Gasteiger charge is 2.08. The average molecular weight is 315 g/mol. The molecule has 0 saturated carbocycles. The standard InChI is InChI=1S/C12H12Cl2N4S/c1-3-10-16-17-12(19-2)18(10)15-7-8-5-4-6-9(13)11(8)14/h4-7H,3H2,1-2H3/b15-7-. The first-order valence-corrected chi connectivity index (χ1v) is 7.62. The minimum atomic E-state index is 0.491. The number of aryl methyl sites for hydroxylation is 1. The van der Waals surface area contributed by atoms with E-state index in [1.165, 1.54) is 11.8 Å². The number of rotatable bonds is 4. The van der Waals surface area contributed by atoms with E-state index in [0.29, 0.717) is 10.0 Å². The third kappa shape index (κ3) is 3.11. The first-order chi connectivity index (χ1) is 9.17. The molecule has 0 bridgehead atoms. The Balaban J connectivity index is 2.37. The lowest BCUT2D eigenvalue weighted by atomic mass is 10.2. The summed E-state index contributed by atoms with van der Waals surface area (Å²) in [5, 5.41) is 14.3. The van der Waals surface area contributed by atoms with Crippen molar-refractivity contribution in [2.45, 2.75) is 18.5 Å². The molecular weight excluding hydrogens is 303 g/mol. The zero-order chi connectivity index (χ0) is 13.8. The Kier molecular flexibility index (Phi) is 4.85. The summed E-state index contributed by atoms with van der Waals surface area (Å²) in [5.41, 5.74) is 0.761. The van der Waals surface area contributed by atoms with Crippen LogP contribution < -0.4 is 0 Å². The van der Waals surface area contributed by atoms with E-state index in [1.807, 2.05) is 25.3 Å². The van der Waals surface area contributed by atoms with Crippen molar-refractivity contribution in [3.63, 3.8) is 0 Å². The highest BCUT2D eigenvalue weighted by Crippen LogP contribution is 2.24. The van der Waals surface area contributed by atoms with Crippen LogP contribution in [0.25, 0.3) is 0 Å². The monoisotopic (exact) mass is 314 g/mol. The van der Waals surface area contributed by atoms with Gasteiger partial charge >= 0.3 is 0 Å². The number of halogens is 2. The lowest BCUT2D eigenvalue weighted by Crippen LogP contribution is -1.99. The second kappa shape index (κ2) is 6.41. The van der Waals surface area contributed by atoms with Crippen LogP contribution in [0, 0.1) is 0 Å². The maximum Gasteiger partial charge on any atom is 0.211 e. The topological polar surface area (TPSA) is 43.1 Å². The number of thioether (sulfide) groups is 1. The number of hydrogen-bond donors (Lipinski definition) is 0. The molecule has 2 rings (SSSR count). The molecule has 7 heteroatoms. The lowest BCUT2D eigenvalue weighted by molar-refractivity contribution is 0.723. The van der Waals surface area contributed by atoms with Crippen LogP contribution >= 0.6 is 35.0 Å². The molecule has 2 aromatic rings. The molecule has 19 heavy (non-hydrogen) atoms. The third-order valence-corrected chi connectivity index (χ3v) is 3.92. The first kappa shape index (κ1) is 14.4. The first-order valence-electron chi connectivity index (χ1n) is 5.64. The van der Waals surface area contributed by atoms with Gasteiger partial charge in [-0.15, -0.1) is 10.2 Å². The molecule has 0 aliphatic carbocycles. The predicted octanol–water partition coefficient (Wildman–Crippen LogP) is 3.75. The molecule has 0 saturated heterocycles. The number of aromatic nitrogens is 3. The van der Waals surface area contributed by atoms with Crippen LogP contribution in [-0.4, -0.2) is 27.3 Å². The van der Waals surface area contributed by atoms with Crippen molar-refractivity contribution in [1.29, 1.82) is 0 Å². The molecule has 0 amide bonds. The SMILES string of the molecule is CCc1nnc(SC)n1/N=C\c1cccc(Cl)c1Cl. The Bertz CT molecular complexity index is 588. The molecule has 1 heterocycles. The summed E-state index contributed by atoms with van der Waals surface area (Å²) >= 11 is 13.6. The van der Waals surface area contributed by atoms with Gasteiger partial charge in [0.25, 0.3) is 0 Å². The van der Waals surface area contributed by atoms with Gasteiger partial charge in [-0.05, 0) is 12.3 Å². The Morgan fingerprint density at radius 1 is 1.37 bits per heavy atom. The molecule has 0 aliphatic rings. The maximum atomic E-state index is 6.11. The van der Waals surface area contributed by atoms with Gasteiger partial charge in [0.15, 0.2) is 5.82 Å². The molecule has 1 aromatic carbocycles. The van der Waals surface area contributed by atoms with Crippen molar-refractivity contribution in [2.75, 3.05) is 6.26 Å². The van der Waals surface area contributed by atoms with Crippen molar-refractivity contribution in [1.82, 2.24) is 14.9 Å². The van der Waals surface area contributed by atoms with Crippen LogP contribution in [0.2, 0.25) is 10.0 Å². The van der Waals surface area contributed by atoms with Gasteiger partial charge in [-0.3, -0.25) is 0 Å².